The predicted octanol–water partition coefficient (Wildman–Crippen LogP) is 3.56. The topological polar surface area (TPSA) is 49.3 Å². The fourth-order valence-electron chi connectivity index (χ4n) is 2.69. The van der Waals surface area contributed by atoms with Gasteiger partial charge in [0.25, 0.3) is 5.91 Å². The zero-order chi connectivity index (χ0) is 18.4. The molecule has 5 nitrogen and oxygen atoms in total. The molecule has 3 aromatic rings. The Kier molecular flexibility index (Phi) is 5.59. The van der Waals surface area contributed by atoms with Gasteiger partial charge in [-0.2, -0.15) is 0 Å². The summed E-state index contributed by atoms with van der Waals surface area (Å²) in [5.74, 6) is -0.0811. The molecule has 0 aliphatic rings. The summed E-state index contributed by atoms with van der Waals surface area (Å²) < 4.78 is 0. The molecule has 0 aliphatic carbocycles. The van der Waals surface area contributed by atoms with Crippen LogP contribution < -0.4 is 4.90 Å². The van der Waals surface area contributed by atoms with E-state index in [4.69, 9.17) is 0 Å². The van der Waals surface area contributed by atoms with Crippen LogP contribution in [0.1, 0.15) is 16.1 Å². The molecule has 1 amide bonds. The Balaban J connectivity index is 1.69. The molecule has 132 valence electrons. The van der Waals surface area contributed by atoms with Gasteiger partial charge in [0.15, 0.2) is 0 Å². The maximum Gasteiger partial charge on any atom is 0.272 e. The van der Waals surface area contributed by atoms with Crippen LogP contribution in [0.15, 0.2) is 73.2 Å². The van der Waals surface area contributed by atoms with E-state index in [0.717, 1.165) is 23.4 Å². The zero-order valence-electron chi connectivity index (χ0n) is 15.0. The number of benzene rings is 1. The molecule has 0 atom stereocenters. The first-order valence-electron chi connectivity index (χ1n) is 8.54. The highest BCUT2D eigenvalue weighted by Crippen LogP contribution is 2.23. The number of hydrogen-bond donors (Lipinski definition) is 0. The lowest BCUT2D eigenvalue weighted by atomic mass is 10.2. The Bertz CT molecular complexity index is 852. The zero-order valence-corrected chi connectivity index (χ0v) is 15.0. The van der Waals surface area contributed by atoms with Gasteiger partial charge < -0.3 is 9.80 Å². The van der Waals surface area contributed by atoms with Crippen molar-refractivity contribution in [2.45, 2.75) is 6.42 Å². The number of nitrogens with zero attached hydrogens (tertiary/aromatic N) is 4. The number of pyridine rings is 2. The van der Waals surface area contributed by atoms with E-state index in [0.29, 0.717) is 12.2 Å². The lowest BCUT2D eigenvalue weighted by Gasteiger charge is -2.21. The maximum atomic E-state index is 12.7. The molecule has 0 saturated heterocycles. The lowest BCUT2D eigenvalue weighted by Crippen LogP contribution is -2.29. The van der Waals surface area contributed by atoms with Crippen LogP contribution in [0.4, 0.5) is 11.4 Å². The second-order valence-electron chi connectivity index (χ2n) is 6.13. The average molecular weight is 346 g/mol. The SMILES string of the molecule is CN(CCc1ccncc1)C(=O)c1cc(N(C)c2ccccc2)ccn1. The minimum Gasteiger partial charge on any atom is -0.345 e. The molecule has 2 aromatic heterocycles. The predicted molar refractivity (Wildman–Crippen MR) is 104 cm³/mol. The van der Waals surface area contributed by atoms with Gasteiger partial charge in [-0.25, -0.2) is 0 Å². The van der Waals surface area contributed by atoms with Gasteiger partial charge >= 0.3 is 0 Å². The van der Waals surface area contributed by atoms with E-state index in [1.807, 2.05) is 66.5 Å². The maximum absolute atomic E-state index is 12.7. The van der Waals surface area contributed by atoms with Gasteiger partial charge in [0.2, 0.25) is 0 Å². The van der Waals surface area contributed by atoms with E-state index in [9.17, 15) is 4.79 Å². The highest BCUT2D eigenvalue weighted by molar-refractivity contribution is 5.93. The molecule has 2 heterocycles. The largest absolute Gasteiger partial charge is 0.345 e. The minimum atomic E-state index is -0.0811. The number of carbonyl (C=O) groups excluding carboxylic acids is 1. The van der Waals surface area contributed by atoms with E-state index in [-0.39, 0.29) is 5.91 Å². The second kappa shape index (κ2) is 8.25. The first-order valence-corrected chi connectivity index (χ1v) is 8.54. The Hall–Kier alpha value is -3.21. The molecule has 3 rings (SSSR count). The smallest absolute Gasteiger partial charge is 0.272 e. The van der Waals surface area contributed by atoms with Crippen LogP contribution in [0.5, 0.6) is 0 Å². The third kappa shape index (κ3) is 4.25. The van der Waals surface area contributed by atoms with Gasteiger partial charge in [-0.1, -0.05) is 18.2 Å². The quantitative estimate of drug-likeness (QED) is 0.685. The average Bonchev–Trinajstić information content (AvgIpc) is 2.72. The van der Waals surface area contributed by atoms with Gasteiger partial charge in [0, 0.05) is 50.6 Å². The van der Waals surface area contributed by atoms with Crippen LogP contribution in [0.2, 0.25) is 0 Å². The van der Waals surface area contributed by atoms with Gasteiger partial charge in [-0.3, -0.25) is 14.8 Å². The number of carbonyl (C=O) groups is 1. The van der Waals surface area contributed by atoms with Crippen LogP contribution in [0.25, 0.3) is 0 Å². The van der Waals surface area contributed by atoms with E-state index < -0.39 is 0 Å². The summed E-state index contributed by atoms with van der Waals surface area (Å²) in [6, 6.07) is 17.7. The standard InChI is InChI=1S/C21H22N4O/c1-24(15-11-17-8-12-22-13-9-17)21(26)20-16-19(10-14-23-20)25(2)18-6-4-3-5-7-18/h3-10,12-14,16H,11,15H2,1-2H3. The van der Waals surface area contributed by atoms with Gasteiger partial charge in [0.05, 0.1) is 0 Å². The van der Waals surface area contributed by atoms with Crippen molar-refractivity contribution >= 4 is 17.3 Å². The highest BCUT2D eigenvalue weighted by Gasteiger charge is 2.15. The molecule has 0 N–H and O–H groups in total. The molecule has 5 heteroatoms. The normalized spacial score (nSPS) is 10.4. The second-order valence-corrected chi connectivity index (χ2v) is 6.13. The molecule has 0 radical (unpaired) electrons. The van der Waals surface area contributed by atoms with Crippen molar-refractivity contribution in [1.29, 1.82) is 0 Å². The third-order valence-corrected chi connectivity index (χ3v) is 4.33. The van der Waals surface area contributed by atoms with Crippen molar-refractivity contribution in [3.8, 4) is 0 Å². The van der Waals surface area contributed by atoms with Crippen molar-refractivity contribution in [3.63, 3.8) is 0 Å². The van der Waals surface area contributed by atoms with Gasteiger partial charge in [-0.15, -0.1) is 0 Å². The van der Waals surface area contributed by atoms with Crippen molar-refractivity contribution in [2.75, 3.05) is 25.5 Å². The molecule has 26 heavy (non-hydrogen) atoms. The summed E-state index contributed by atoms with van der Waals surface area (Å²) in [6.45, 7) is 0.628. The van der Waals surface area contributed by atoms with Crippen LogP contribution in [-0.2, 0) is 6.42 Å². The monoisotopic (exact) mass is 346 g/mol. The lowest BCUT2D eigenvalue weighted by molar-refractivity contribution is 0.0791. The Morgan fingerprint density at radius 3 is 2.38 bits per heavy atom. The molecule has 0 unspecified atom stereocenters. The summed E-state index contributed by atoms with van der Waals surface area (Å²) in [5.41, 5.74) is 3.59. The van der Waals surface area contributed by atoms with Gasteiger partial charge in [-0.05, 0) is 48.4 Å². The number of amides is 1. The Morgan fingerprint density at radius 2 is 1.65 bits per heavy atom. The molecule has 0 spiro atoms. The molecule has 1 aromatic carbocycles. The van der Waals surface area contributed by atoms with Crippen LogP contribution >= 0.6 is 0 Å². The summed E-state index contributed by atoms with van der Waals surface area (Å²) in [7, 11) is 3.78. The molecule has 0 bridgehead atoms. The minimum absolute atomic E-state index is 0.0811. The van der Waals surface area contributed by atoms with Crippen molar-refractivity contribution in [1.82, 2.24) is 14.9 Å². The third-order valence-electron chi connectivity index (χ3n) is 4.33. The van der Waals surface area contributed by atoms with E-state index in [2.05, 4.69) is 9.97 Å². The number of para-hydroxylation sites is 1. The number of aromatic nitrogens is 2. The highest BCUT2D eigenvalue weighted by atomic mass is 16.2. The molecule has 0 saturated carbocycles. The summed E-state index contributed by atoms with van der Waals surface area (Å²) in [5, 5.41) is 0. The van der Waals surface area contributed by atoms with Gasteiger partial charge in [0.1, 0.15) is 5.69 Å². The van der Waals surface area contributed by atoms with E-state index in [1.165, 1.54) is 0 Å². The molecular formula is C21H22N4O. The summed E-state index contributed by atoms with van der Waals surface area (Å²) in [6.07, 6.45) is 6.00. The number of anilines is 2. The summed E-state index contributed by atoms with van der Waals surface area (Å²) in [4.78, 5) is 24.7. The van der Waals surface area contributed by atoms with E-state index in [1.54, 1.807) is 30.5 Å². The number of likely N-dealkylation sites (N-methyl/N-ethyl adjacent to an activating group) is 1. The summed E-state index contributed by atoms with van der Waals surface area (Å²) >= 11 is 0. The van der Waals surface area contributed by atoms with Crippen LogP contribution in [0, 0.1) is 0 Å². The molecule has 0 aliphatic heterocycles. The molecule has 0 fully saturated rings. The Labute approximate surface area is 153 Å². The fourth-order valence-corrected chi connectivity index (χ4v) is 2.69. The van der Waals surface area contributed by atoms with Crippen molar-refractivity contribution in [2.24, 2.45) is 0 Å². The van der Waals surface area contributed by atoms with Crippen LogP contribution in [0.3, 0.4) is 0 Å². The number of hydrogen-bond acceptors (Lipinski definition) is 4. The Morgan fingerprint density at radius 1 is 0.923 bits per heavy atom. The van der Waals surface area contributed by atoms with Crippen LogP contribution in [-0.4, -0.2) is 41.4 Å². The first-order chi connectivity index (χ1) is 12.6. The van der Waals surface area contributed by atoms with Crippen molar-refractivity contribution in [3.05, 3.63) is 84.4 Å². The fraction of sp³-hybridized carbons (Fsp3) is 0.190. The molecular weight excluding hydrogens is 324 g/mol. The first kappa shape index (κ1) is 17.6. The van der Waals surface area contributed by atoms with Crippen molar-refractivity contribution < 1.29 is 4.79 Å². The van der Waals surface area contributed by atoms with E-state index >= 15 is 0 Å². The number of rotatable bonds is 6.